The number of aromatic amines is 1. The van der Waals surface area contributed by atoms with Gasteiger partial charge in [0.2, 0.25) is 0 Å². The highest BCUT2D eigenvalue weighted by Gasteiger charge is 2.19. The van der Waals surface area contributed by atoms with Gasteiger partial charge in [-0.05, 0) is 67.6 Å². The van der Waals surface area contributed by atoms with E-state index in [1.54, 1.807) is 15.9 Å². The van der Waals surface area contributed by atoms with E-state index in [-0.39, 0.29) is 5.56 Å². The quantitative estimate of drug-likeness (QED) is 0.619. The molecule has 2 heterocycles. The van der Waals surface area contributed by atoms with Crippen LogP contribution in [-0.4, -0.2) is 9.55 Å². The Labute approximate surface area is 156 Å². The van der Waals surface area contributed by atoms with E-state index in [1.165, 1.54) is 41.7 Å². The van der Waals surface area contributed by atoms with E-state index in [0.29, 0.717) is 4.77 Å². The monoisotopic (exact) mass is 370 g/mol. The van der Waals surface area contributed by atoms with Crippen molar-refractivity contribution in [2.24, 2.45) is 0 Å². The Morgan fingerprint density at radius 3 is 2.56 bits per heavy atom. The highest BCUT2D eigenvalue weighted by Crippen LogP contribution is 2.32. The summed E-state index contributed by atoms with van der Waals surface area (Å²) in [6.45, 7) is 2.13. The first-order valence-electron chi connectivity index (χ1n) is 9.08. The molecule has 1 aliphatic carbocycles. The molecule has 0 amide bonds. The fourth-order valence-corrected chi connectivity index (χ4v) is 5.34. The van der Waals surface area contributed by atoms with Crippen molar-refractivity contribution in [3.63, 3.8) is 0 Å². The van der Waals surface area contributed by atoms with Crippen molar-refractivity contribution in [3.05, 3.63) is 55.4 Å². The van der Waals surface area contributed by atoms with Gasteiger partial charge in [0.25, 0.3) is 5.56 Å². The molecule has 1 aromatic carbocycles. The minimum Gasteiger partial charge on any atom is -0.323 e. The van der Waals surface area contributed by atoms with Gasteiger partial charge in [0.15, 0.2) is 4.77 Å². The summed E-state index contributed by atoms with van der Waals surface area (Å²) >= 11 is 7.24. The minimum absolute atomic E-state index is 0.0288. The average Bonchev–Trinajstić information content (AvgIpc) is 2.92. The van der Waals surface area contributed by atoms with E-state index in [4.69, 9.17) is 12.2 Å². The number of thiophene rings is 1. The molecule has 0 atom stereocenters. The topological polar surface area (TPSA) is 37.8 Å². The van der Waals surface area contributed by atoms with Crippen LogP contribution in [-0.2, 0) is 19.3 Å². The SMILES string of the molecule is CCc1ccc(-n2c(=S)[nH]c3sc4c(c3c2=O)CCCCCC4)cc1. The van der Waals surface area contributed by atoms with Gasteiger partial charge in [0.05, 0.1) is 11.1 Å². The van der Waals surface area contributed by atoms with Crippen molar-refractivity contribution in [3.8, 4) is 5.69 Å². The van der Waals surface area contributed by atoms with Gasteiger partial charge in [0.1, 0.15) is 4.83 Å². The Balaban J connectivity index is 1.95. The maximum absolute atomic E-state index is 13.3. The van der Waals surface area contributed by atoms with Crippen molar-refractivity contribution in [2.75, 3.05) is 0 Å². The number of hydrogen-bond acceptors (Lipinski definition) is 3. The molecule has 5 heteroatoms. The zero-order valence-electron chi connectivity index (χ0n) is 14.4. The number of H-pyrrole nitrogens is 1. The highest BCUT2D eigenvalue weighted by molar-refractivity contribution is 7.71. The molecule has 0 unspecified atom stereocenters. The molecule has 2 aromatic heterocycles. The maximum Gasteiger partial charge on any atom is 0.267 e. The third kappa shape index (κ3) is 3.00. The summed E-state index contributed by atoms with van der Waals surface area (Å²) in [6, 6.07) is 8.12. The second-order valence-electron chi connectivity index (χ2n) is 6.71. The largest absolute Gasteiger partial charge is 0.323 e. The van der Waals surface area contributed by atoms with Crippen molar-refractivity contribution in [1.82, 2.24) is 9.55 Å². The van der Waals surface area contributed by atoms with Gasteiger partial charge in [-0.15, -0.1) is 11.3 Å². The molecule has 4 rings (SSSR count). The van der Waals surface area contributed by atoms with E-state index in [0.717, 1.165) is 35.2 Å². The second kappa shape index (κ2) is 6.89. The molecule has 3 nitrogen and oxygen atoms in total. The predicted molar refractivity (Wildman–Crippen MR) is 108 cm³/mol. The van der Waals surface area contributed by atoms with E-state index >= 15 is 0 Å². The predicted octanol–water partition coefficient (Wildman–Crippen LogP) is 5.33. The van der Waals surface area contributed by atoms with Crippen LogP contribution in [0.4, 0.5) is 0 Å². The summed E-state index contributed by atoms with van der Waals surface area (Å²) in [5.74, 6) is 0. The van der Waals surface area contributed by atoms with Crippen molar-refractivity contribution >= 4 is 33.8 Å². The van der Waals surface area contributed by atoms with Gasteiger partial charge in [-0.3, -0.25) is 9.36 Å². The van der Waals surface area contributed by atoms with Crippen molar-refractivity contribution in [1.29, 1.82) is 0 Å². The third-order valence-electron chi connectivity index (χ3n) is 5.11. The lowest BCUT2D eigenvalue weighted by molar-refractivity contribution is 0.623. The van der Waals surface area contributed by atoms with Crippen LogP contribution in [0.5, 0.6) is 0 Å². The molecular weight excluding hydrogens is 348 g/mol. The van der Waals surface area contributed by atoms with Gasteiger partial charge in [-0.2, -0.15) is 0 Å². The van der Waals surface area contributed by atoms with Crippen LogP contribution < -0.4 is 5.56 Å². The molecular formula is C20H22N2OS2. The molecule has 0 bridgehead atoms. The lowest BCUT2D eigenvalue weighted by Gasteiger charge is -2.10. The van der Waals surface area contributed by atoms with Crippen LogP contribution >= 0.6 is 23.6 Å². The van der Waals surface area contributed by atoms with Crippen LogP contribution in [0, 0.1) is 4.77 Å². The van der Waals surface area contributed by atoms with Gasteiger partial charge in [0, 0.05) is 4.88 Å². The van der Waals surface area contributed by atoms with E-state index in [9.17, 15) is 4.79 Å². The fraction of sp³-hybridized carbons (Fsp3) is 0.400. The number of fused-ring (bicyclic) bond motifs is 3. The zero-order valence-corrected chi connectivity index (χ0v) is 16.1. The molecule has 1 N–H and O–H groups in total. The smallest absolute Gasteiger partial charge is 0.267 e. The maximum atomic E-state index is 13.3. The summed E-state index contributed by atoms with van der Waals surface area (Å²) in [6.07, 6.45) is 8.00. The number of benzene rings is 1. The van der Waals surface area contributed by atoms with Crippen molar-refractivity contribution < 1.29 is 0 Å². The molecule has 130 valence electrons. The van der Waals surface area contributed by atoms with Crippen LogP contribution in [0.25, 0.3) is 15.9 Å². The summed E-state index contributed by atoms with van der Waals surface area (Å²) < 4.78 is 2.14. The summed E-state index contributed by atoms with van der Waals surface area (Å²) in [4.78, 5) is 19.0. The van der Waals surface area contributed by atoms with Crippen LogP contribution in [0.2, 0.25) is 0 Å². The number of aromatic nitrogens is 2. The second-order valence-corrected chi connectivity index (χ2v) is 8.20. The van der Waals surface area contributed by atoms with E-state index in [2.05, 4.69) is 24.0 Å². The first kappa shape index (κ1) is 16.7. The first-order chi connectivity index (χ1) is 12.2. The molecule has 0 aliphatic heterocycles. The molecule has 25 heavy (non-hydrogen) atoms. The van der Waals surface area contributed by atoms with Crippen LogP contribution in [0.1, 0.15) is 48.6 Å². The lowest BCUT2D eigenvalue weighted by atomic mass is 9.98. The van der Waals surface area contributed by atoms with Crippen LogP contribution in [0.3, 0.4) is 0 Å². The van der Waals surface area contributed by atoms with Gasteiger partial charge in [-0.1, -0.05) is 31.9 Å². The fourth-order valence-electron chi connectivity index (χ4n) is 3.71. The molecule has 0 spiro atoms. The first-order valence-corrected chi connectivity index (χ1v) is 10.3. The Morgan fingerprint density at radius 2 is 1.84 bits per heavy atom. The summed E-state index contributed by atoms with van der Waals surface area (Å²) in [7, 11) is 0. The van der Waals surface area contributed by atoms with Gasteiger partial charge >= 0.3 is 0 Å². The summed E-state index contributed by atoms with van der Waals surface area (Å²) in [5, 5.41) is 0.857. The average molecular weight is 371 g/mol. The Morgan fingerprint density at radius 1 is 1.12 bits per heavy atom. The lowest BCUT2D eigenvalue weighted by Crippen LogP contribution is -2.20. The standard InChI is InChI=1S/C20H22N2OS2/c1-2-13-9-11-14(12-10-13)22-19(23)17-15-7-5-3-4-6-8-16(15)25-18(17)21-20(22)24/h9-12H,2-8H2,1H3,(H,21,24). The van der Waals surface area contributed by atoms with E-state index < -0.39 is 0 Å². The number of aryl methyl sites for hydroxylation is 3. The molecule has 3 aromatic rings. The van der Waals surface area contributed by atoms with Gasteiger partial charge < -0.3 is 4.98 Å². The minimum atomic E-state index is 0.0288. The van der Waals surface area contributed by atoms with Crippen molar-refractivity contribution in [2.45, 2.75) is 51.9 Å². The molecule has 0 saturated heterocycles. The number of nitrogens with one attached hydrogen (secondary N) is 1. The molecule has 0 radical (unpaired) electrons. The third-order valence-corrected chi connectivity index (χ3v) is 6.61. The highest BCUT2D eigenvalue weighted by atomic mass is 32.1. The van der Waals surface area contributed by atoms with E-state index in [1.807, 2.05) is 12.1 Å². The van der Waals surface area contributed by atoms with Gasteiger partial charge in [-0.25, -0.2) is 0 Å². The van der Waals surface area contributed by atoms with Crippen LogP contribution in [0.15, 0.2) is 29.1 Å². The zero-order chi connectivity index (χ0) is 17.4. The Hall–Kier alpha value is -1.72. The molecule has 0 fully saturated rings. The molecule has 0 saturated carbocycles. The normalized spacial score (nSPS) is 14.9. The molecule has 1 aliphatic rings. The Bertz CT molecular complexity index is 1020. The Kier molecular flexibility index (Phi) is 4.61. The number of hydrogen-bond donors (Lipinski definition) is 1. The summed E-state index contributed by atoms with van der Waals surface area (Å²) in [5.41, 5.74) is 3.39. The number of nitrogens with zero attached hydrogens (tertiary/aromatic N) is 1. The number of rotatable bonds is 2.